The van der Waals surface area contributed by atoms with Gasteiger partial charge < -0.3 is 17.2 Å². The lowest BCUT2D eigenvalue weighted by molar-refractivity contribution is -0.461. The molecule has 10 nitrogen and oxygen atoms in total. The van der Waals surface area contributed by atoms with E-state index in [4.69, 9.17) is 31.7 Å². The third-order valence-electron chi connectivity index (χ3n) is 4.64. The quantitative estimate of drug-likeness (QED) is 0.233. The van der Waals surface area contributed by atoms with Crippen LogP contribution in [-0.2, 0) is 28.9 Å². The number of hydrogen-bond donors (Lipinski definition) is 3. The Morgan fingerprint density at radius 2 is 0.824 bits per heavy atom. The molecular formula is C24H42N4O6. The predicted octanol–water partition coefficient (Wildman–Crippen LogP) is 2.46. The van der Waals surface area contributed by atoms with Crippen molar-refractivity contribution in [2.75, 3.05) is 19.6 Å². The number of nitrogens with zero attached hydrogens (tertiary/aromatic N) is 1. The Kier molecular flexibility index (Phi) is 15.7. The van der Waals surface area contributed by atoms with Crippen LogP contribution in [0, 0.1) is 17.8 Å². The first-order chi connectivity index (χ1) is 16.0. The van der Waals surface area contributed by atoms with Crippen molar-refractivity contribution >= 4 is 17.9 Å². The minimum atomic E-state index is -0.835. The van der Waals surface area contributed by atoms with E-state index in [1.807, 2.05) is 0 Å². The van der Waals surface area contributed by atoms with Gasteiger partial charge in [0.1, 0.15) is 0 Å². The highest BCUT2D eigenvalue weighted by molar-refractivity contribution is 5.91. The van der Waals surface area contributed by atoms with Gasteiger partial charge in [-0.15, -0.1) is 0 Å². The van der Waals surface area contributed by atoms with Gasteiger partial charge in [0.25, 0.3) is 0 Å². The van der Waals surface area contributed by atoms with Crippen LogP contribution in [0.25, 0.3) is 0 Å². The van der Waals surface area contributed by atoms with Crippen molar-refractivity contribution in [3.05, 3.63) is 34.9 Å². The summed E-state index contributed by atoms with van der Waals surface area (Å²) in [6.07, 6.45) is 6.24. The molecule has 0 heterocycles. The maximum Gasteiger partial charge on any atom is 0.360 e. The molecule has 0 aliphatic rings. The second-order valence-electron chi connectivity index (χ2n) is 8.53. The first-order valence-electron chi connectivity index (χ1n) is 11.7. The molecule has 0 radical (unpaired) electrons. The lowest BCUT2D eigenvalue weighted by Gasteiger charge is -2.21. The van der Waals surface area contributed by atoms with Crippen LogP contribution < -0.4 is 17.2 Å². The average Bonchev–Trinajstić information content (AvgIpc) is 2.73. The van der Waals surface area contributed by atoms with Crippen molar-refractivity contribution in [1.29, 1.82) is 0 Å². The Bertz CT molecular complexity index is 657. The van der Waals surface area contributed by atoms with Gasteiger partial charge in [0.15, 0.2) is 0 Å². The summed E-state index contributed by atoms with van der Waals surface area (Å²) in [6.45, 7) is 11.8. The molecule has 0 unspecified atom stereocenters. The molecule has 10 heteroatoms. The molecule has 0 aromatic carbocycles. The van der Waals surface area contributed by atoms with Crippen LogP contribution in [0.5, 0.6) is 0 Å². The molecule has 6 N–H and O–H groups in total. The first-order valence-corrected chi connectivity index (χ1v) is 11.7. The topological polar surface area (TPSA) is 160 Å². The van der Waals surface area contributed by atoms with Crippen LogP contribution in [0.2, 0.25) is 0 Å². The third kappa shape index (κ3) is 11.6. The van der Waals surface area contributed by atoms with E-state index in [9.17, 15) is 14.4 Å². The number of carbonyl (C=O) groups is 3. The Morgan fingerprint density at radius 3 is 1.00 bits per heavy atom. The van der Waals surface area contributed by atoms with E-state index >= 15 is 0 Å². The van der Waals surface area contributed by atoms with Gasteiger partial charge in [-0.3, -0.25) is 14.5 Å². The summed E-state index contributed by atoms with van der Waals surface area (Å²) in [5.41, 5.74) is 17.5. The smallest absolute Gasteiger partial charge is 0.330 e. The zero-order valence-corrected chi connectivity index (χ0v) is 21.3. The maximum absolute atomic E-state index is 12.8. The summed E-state index contributed by atoms with van der Waals surface area (Å²) >= 11 is 0. The molecule has 34 heavy (non-hydrogen) atoms. The molecule has 0 aromatic heterocycles. The van der Waals surface area contributed by atoms with Crippen molar-refractivity contribution in [2.45, 2.75) is 60.8 Å². The number of hydrogen-bond acceptors (Lipinski definition) is 10. The molecule has 0 atom stereocenters. The number of carbonyl (C=O) groups excluding carboxylic acids is 3. The van der Waals surface area contributed by atoms with Gasteiger partial charge in [-0.2, -0.15) is 0 Å². The summed E-state index contributed by atoms with van der Waals surface area (Å²) in [4.78, 5) is 53.9. The van der Waals surface area contributed by atoms with E-state index in [0.717, 1.165) is 0 Å². The van der Waals surface area contributed by atoms with Gasteiger partial charge in [0.2, 0.25) is 5.39 Å². The van der Waals surface area contributed by atoms with Crippen molar-refractivity contribution < 1.29 is 28.9 Å². The maximum atomic E-state index is 12.8. The second kappa shape index (κ2) is 17.0. The largest absolute Gasteiger partial charge is 0.360 e. The molecule has 0 saturated carbocycles. The van der Waals surface area contributed by atoms with Gasteiger partial charge in [0.05, 0.1) is 0 Å². The Balaban J connectivity index is 5.98. The van der Waals surface area contributed by atoms with E-state index in [1.165, 1.54) is 0 Å². The summed E-state index contributed by atoms with van der Waals surface area (Å²) < 4.78 is 0. The monoisotopic (exact) mass is 482 g/mol. The first kappa shape index (κ1) is 31.5. The van der Waals surface area contributed by atoms with Gasteiger partial charge >= 0.3 is 17.9 Å². The summed E-state index contributed by atoms with van der Waals surface area (Å²) in [5, 5.41) is 0.170. The number of nitrogens with two attached hydrogens (primary N) is 3. The van der Waals surface area contributed by atoms with Crippen LogP contribution >= 0.6 is 0 Å². The van der Waals surface area contributed by atoms with E-state index in [2.05, 4.69) is 0 Å². The molecule has 194 valence electrons. The van der Waals surface area contributed by atoms with Crippen LogP contribution in [0.3, 0.4) is 0 Å². The molecule has 0 saturated heterocycles. The van der Waals surface area contributed by atoms with Crippen LogP contribution in [-0.4, -0.2) is 42.9 Å². The SMILES string of the molecule is CC(C)C(=CCCN)C(=O)ON(OC(=O)C(=CCCN)C(C)C)OC(=O)C(=CCCN)C(C)C. The summed E-state index contributed by atoms with van der Waals surface area (Å²) in [6, 6.07) is 0. The van der Waals surface area contributed by atoms with E-state index < -0.39 is 17.9 Å². The summed E-state index contributed by atoms with van der Waals surface area (Å²) in [5.74, 6) is -3.13. The normalized spacial score (nSPS) is 13.1. The molecule has 0 aliphatic heterocycles. The van der Waals surface area contributed by atoms with Crippen molar-refractivity contribution in [3.8, 4) is 0 Å². The molecule has 0 fully saturated rings. The van der Waals surface area contributed by atoms with Gasteiger partial charge in [-0.25, -0.2) is 14.4 Å². The fraction of sp³-hybridized carbons (Fsp3) is 0.625. The molecule has 0 bridgehead atoms. The van der Waals surface area contributed by atoms with Gasteiger partial charge in [-0.1, -0.05) is 59.8 Å². The molecular weight excluding hydrogens is 440 g/mol. The zero-order chi connectivity index (χ0) is 26.3. The highest BCUT2D eigenvalue weighted by Gasteiger charge is 2.29. The van der Waals surface area contributed by atoms with Gasteiger partial charge in [0, 0.05) is 16.7 Å². The minimum Gasteiger partial charge on any atom is -0.330 e. The van der Waals surface area contributed by atoms with Gasteiger partial charge in [-0.05, 0) is 56.7 Å². The Hall–Kier alpha value is -2.53. The van der Waals surface area contributed by atoms with Crippen LogP contribution in [0.4, 0.5) is 0 Å². The average molecular weight is 483 g/mol. The van der Waals surface area contributed by atoms with Crippen molar-refractivity contribution in [1.82, 2.24) is 5.39 Å². The van der Waals surface area contributed by atoms with Crippen molar-refractivity contribution in [3.63, 3.8) is 0 Å². The Morgan fingerprint density at radius 1 is 0.588 bits per heavy atom. The van der Waals surface area contributed by atoms with E-state index in [-0.39, 0.29) is 23.1 Å². The molecule has 0 aromatic rings. The van der Waals surface area contributed by atoms with Crippen LogP contribution in [0.1, 0.15) is 60.8 Å². The number of rotatable bonds is 15. The molecule has 0 rings (SSSR count). The fourth-order valence-electron chi connectivity index (χ4n) is 2.80. The molecule has 0 aliphatic carbocycles. The summed E-state index contributed by atoms with van der Waals surface area (Å²) in [7, 11) is 0. The lowest BCUT2D eigenvalue weighted by atomic mass is 10.0. The van der Waals surface area contributed by atoms with E-state index in [1.54, 1.807) is 59.8 Å². The van der Waals surface area contributed by atoms with E-state index in [0.29, 0.717) is 55.6 Å². The van der Waals surface area contributed by atoms with Crippen molar-refractivity contribution in [2.24, 2.45) is 35.0 Å². The molecule has 0 amide bonds. The minimum absolute atomic E-state index is 0.170. The lowest BCUT2D eigenvalue weighted by Crippen LogP contribution is -2.35. The Labute approximate surface area is 203 Å². The highest BCUT2D eigenvalue weighted by Crippen LogP contribution is 2.19. The van der Waals surface area contributed by atoms with Crippen LogP contribution in [0.15, 0.2) is 34.9 Å². The fourth-order valence-corrected chi connectivity index (χ4v) is 2.80. The standard InChI is InChI=1S/C24H42N4O6/c1-16(2)19(10-7-13-25)22(29)32-28(33-23(30)20(17(3)4)11-8-14-26)34-24(31)21(18(5)6)12-9-15-27/h10-12,16-18H,7-9,13-15,25-27H2,1-6H3. The zero-order valence-electron chi connectivity index (χ0n) is 21.3. The second-order valence-corrected chi connectivity index (χ2v) is 8.53. The predicted molar refractivity (Wildman–Crippen MR) is 130 cm³/mol. The third-order valence-corrected chi connectivity index (χ3v) is 4.64. The molecule has 0 spiro atoms. The highest BCUT2D eigenvalue weighted by atomic mass is 17.2.